The van der Waals surface area contributed by atoms with E-state index in [1.165, 1.54) is 0 Å². The zero-order valence-corrected chi connectivity index (χ0v) is 18.2. The van der Waals surface area contributed by atoms with Crippen LogP contribution in [0.5, 0.6) is 23.0 Å². The summed E-state index contributed by atoms with van der Waals surface area (Å²) in [6.07, 6.45) is 1.79. The van der Waals surface area contributed by atoms with Crippen LogP contribution in [0.25, 0.3) is 6.08 Å². The van der Waals surface area contributed by atoms with Gasteiger partial charge in [-0.25, -0.2) is 0 Å². The Morgan fingerprint density at radius 2 is 1.62 bits per heavy atom. The fourth-order valence-corrected chi connectivity index (χ4v) is 3.05. The largest absolute Gasteiger partial charge is 0.493 e. The Morgan fingerprint density at radius 1 is 0.966 bits per heavy atom. The van der Waals surface area contributed by atoms with Gasteiger partial charge in [-0.1, -0.05) is 0 Å². The van der Waals surface area contributed by atoms with E-state index in [2.05, 4.69) is 0 Å². The maximum Gasteiger partial charge on any atom is 0.203 e. The SMILES string of the molecule is CCOc1ccc(C(=O)/C(C)=C/c2ccc(OC)c(OC)c2OC)cc1N(C)C. The zero-order chi connectivity index (χ0) is 21.6. The highest BCUT2D eigenvalue weighted by atomic mass is 16.5. The standard InChI is InChI=1S/C23H29NO5/c1-8-29-19-11-9-16(14-18(19)24(3)4)21(25)15(2)13-17-10-12-20(26-5)23(28-7)22(17)27-6/h9-14H,8H2,1-7H3/b15-13+. The molecule has 0 aliphatic heterocycles. The topological polar surface area (TPSA) is 57.2 Å². The third-order valence-corrected chi connectivity index (χ3v) is 4.47. The number of allylic oxidation sites excluding steroid dienone is 1. The molecule has 2 rings (SSSR count). The number of carbonyl (C=O) groups is 1. The van der Waals surface area contributed by atoms with Crippen molar-refractivity contribution in [3.8, 4) is 23.0 Å². The van der Waals surface area contributed by atoms with Gasteiger partial charge in [-0.3, -0.25) is 4.79 Å². The van der Waals surface area contributed by atoms with Crippen LogP contribution in [0.15, 0.2) is 35.9 Å². The van der Waals surface area contributed by atoms with Gasteiger partial charge in [0.05, 0.1) is 33.6 Å². The Hall–Kier alpha value is -3.15. The van der Waals surface area contributed by atoms with E-state index in [9.17, 15) is 4.79 Å². The second-order valence-corrected chi connectivity index (χ2v) is 6.59. The molecule has 0 N–H and O–H groups in total. The van der Waals surface area contributed by atoms with Crippen LogP contribution < -0.4 is 23.8 Å². The number of anilines is 1. The van der Waals surface area contributed by atoms with Gasteiger partial charge in [-0.2, -0.15) is 0 Å². The smallest absolute Gasteiger partial charge is 0.203 e. The molecule has 0 bridgehead atoms. The number of Topliss-reactive ketones (excluding diaryl/α,β-unsaturated/α-hetero) is 1. The van der Waals surface area contributed by atoms with E-state index in [1.807, 2.05) is 44.1 Å². The van der Waals surface area contributed by atoms with Crippen molar-refractivity contribution in [3.05, 3.63) is 47.0 Å². The fourth-order valence-electron chi connectivity index (χ4n) is 3.05. The summed E-state index contributed by atoms with van der Waals surface area (Å²) in [7, 11) is 8.51. The summed E-state index contributed by atoms with van der Waals surface area (Å²) >= 11 is 0. The van der Waals surface area contributed by atoms with Gasteiger partial charge < -0.3 is 23.8 Å². The number of benzene rings is 2. The number of methoxy groups -OCH3 is 3. The van der Waals surface area contributed by atoms with Crippen LogP contribution in [0.4, 0.5) is 5.69 Å². The highest BCUT2D eigenvalue weighted by Crippen LogP contribution is 2.40. The summed E-state index contributed by atoms with van der Waals surface area (Å²) in [5, 5.41) is 0. The zero-order valence-electron chi connectivity index (χ0n) is 18.2. The molecule has 2 aromatic rings. The first-order valence-electron chi connectivity index (χ1n) is 9.34. The molecular formula is C23H29NO5. The number of nitrogens with zero attached hydrogens (tertiary/aromatic N) is 1. The second-order valence-electron chi connectivity index (χ2n) is 6.59. The molecule has 0 saturated heterocycles. The number of carbonyl (C=O) groups excluding carboxylic acids is 1. The molecular weight excluding hydrogens is 370 g/mol. The maximum atomic E-state index is 13.0. The molecule has 0 heterocycles. The minimum absolute atomic E-state index is 0.0759. The van der Waals surface area contributed by atoms with Crippen molar-refractivity contribution in [1.82, 2.24) is 0 Å². The molecule has 0 fully saturated rings. The molecule has 0 aromatic heterocycles. The lowest BCUT2D eigenvalue weighted by atomic mass is 10.0. The second kappa shape index (κ2) is 9.87. The van der Waals surface area contributed by atoms with Crippen LogP contribution in [0.1, 0.15) is 29.8 Å². The predicted octanol–water partition coefficient (Wildman–Crippen LogP) is 4.46. The van der Waals surface area contributed by atoms with Gasteiger partial charge in [0.25, 0.3) is 0 Å². The Balaban J connectivity index is 2.45. The predicted molar refractivity (Wildman–Crippen MR) is 116 cm³/mol. The average molecular weight is 399 g/mol. The summed E-state index contributed by atoms with van der Waals surface area (Å²) in [5.74, 6) is 2.23. The van der Waals surface area contributed by atoms with E-state index in [1.54, 1.807) is 46.5 Å². The number of rotatable bonds is 9. The van der Waals surface area contributed by atoms with Gasteiger partial charge in [0.2, 0.25) is 5.75 Å². The molecule has 29 heavy (non-hydrogen) atoms. The first-order valence-corrected chi connectivity index (χ1v) is 9.34. The number of hydrogen-bond donors (Lipinski definition) is 0. The van der Waals surface area contributed by atoms with Crippen molar-refractivity contribution in [2.24, 2.45) is 0 Å². The molecule has 0 aliphatic rings. The molecule has 0 atom stereocenters. The monoisotopic (exact) mass is 399 g/mol. The van der Waals surface area contributed by atoms with Gasteiger partial charge in [-0.05, 0) is 55.8 Å². The molecule has 0 radical (unpaired) electrons. The van der Waals surface area contributed by atoms with E-state index >= 15 is 0 Å². The van der Waals surface area contributed by atoms with Gasteiger partial charge in [0, 0.05) is 25.2 Å². The van der Waals surface area contributed by atoms with Crippen LogP contribution in [0, 0.1) is 0 Å². The van der Waals surface area contributed by atoms with Gasteiger partial charge in [0.15, 0.2) is 17.3 Å². The molecule has 156 valence electrons. The van der Waals surface area contributed by atoms with Gasteiger partial charge in [0.1, 0.15) is 5.75 Å². The molecule has 2 aromatic carbocycles. The lowest BCUT2D eigenvalue weighted by Gasteiger charge is -2.18. The Morgan fingerprint density at radius 3 is 2.17 bits per heavy atom. The quantitative estimate of drug-likeness (QED) is 0.458. The van der Waals surface area contributed by atoms with Crippen molar-refractivity contribution in [1.29, 1.82) is 0 Å². The number of ketones is 1. The Bertz CT molecular complexity index is 902. The van der Waals surface area contributed by atoms with E-state index < -0.39 is 0 Å². The molecule has 6 heteroatoms. The van der Waals surface area contributed by atoms with Crippen LogP contribution in [-0.2, 0) is 0 Å². The van der Waals surface area contributed by atoms with E-state index in [0.717, 1.165) is 17.0 Å². The first-order chi connectivity index (χ1) is 13.9. The van der Waals surface area contributed by atoms with Crippen LogP contribution in [0.2, 0.25) is 0 Å². The summed E-state index contributed by atoms with van der Waals surface area (Å²) in [6, 6.07) is 9.07. The Kier molecular flexibility index (Phi) is 7.53. The highest BCUT2D eigenvalue weighted by Gasteiger charge is 2.17. The summed E-state index contributed by atoms with van der Waals surface area (Å²) in [4.78, 5) is 15.0. The number of hydrogen-bond acceptors (Lipinski definition) is 6. The molecule has 0 unspecified atom stereocenters. The lowest BCUT2D eigenvalue weighted by Crippen LogP contribution is -2.12. The third-order valence-electron chi connectivity index (χ3n) is 4.47. The van der Waals surface area contributed by atoms with Gasteiger partial charge >= 0.3 is 0 Å². The molecule has 0 aliphatic carbocycles. The average Bonchev–Trinajstić information content (AvgIpc) is 2.72. The summed E-state index contributed by atoms with van der Waals surface area (Å²) in [6.45, 7) is 4.28. The minimum atomic E-state index is -0.0759. The van der Waals surface area contributed by atoms with Crippen LogP contribution >= 0.6 is 0 Å². The summed E-state index contributed by atoms with van der Waals surface area (Å²) < 4.78 is 21.9. The number of ether oxygens (including phenoxy) is 4. The minimum Gasteiger partial charge on any atom is -0.493 e. The molecule has 6 nitrogen and oxygen atoms in total. The Labute approximate surface area is 172 Å². The molecule has 0 amide bonds. The van der Waals surface area contributed by atoms with Gasteiger partial charge in [-0.15, -0.1) is 0 Å². The van der Waals surface area contributed by atoms with Crippen molar-refractivity contribution >= 4 is 17.5 Å². The highest BCUT2D eigenvalue weighted by molar-refractivity contribution is 6.11. The maximum absolute atomic E-state index is 13.0. The fraction of sp³-hybridized carbons (Fsp3) is 0.348. The van der Waals surface area contributed by atoms with E-state index in [4.69, 9.17) is 18.9 Å². The van der Waals surface area contributed by atoms with Crippen molar-refractivity contribution in [3.63, 3.8) is 0 Å². The van der Waals surface area contributed by atoms with Crippen molar-refractivity contribution < 1.29 is 23.7 Å². The molecule has 0 spiro atoms. The first kappa shape index (κ1) is 22.1. The molecule has 0 saturated carbocycles. The van der Waals surface area contributed by atoms with Crippen LogP contribution in [-0.4, -0.2) is 47.8 Å². The van der Waals surface area contributed by atoms with E-state index in [0.29, 0.717) is 35.0 Å². The van der Waals surface area contributed by atoms with E-state index in [-0.39, 0.29) is 5.78 Å². The lowest BCUT2D eigenvalue weighted by molar-refractivity contribution is 0.103. The van der Waals surface area contributed by atoms with Crippen LogP contribution in [0.3, 0.4) is 0 Å². The third kappa shape index (κ3) is 4.83. The normalized spacial score (nSPS) is 11.1. The van der Waals surface area contributed by atoms with Crippen molar-refractivity contribution in [2.75, 3.05) is 46.9 Å². The van der Waals surface area contributed by atoms with Crippen molar-refractivity contribution in [2.45, 2.75) is 13.8 Å². The summed E-state index contributed by atoms with van der Waals surface area (Å²) in [5.41, 5.74) is 2.75.